The number of carbonyl (C=O) groups is 2. The van der Waals surface area contributed by atoms with E-state index in [0.29, 0.717) is 6.54 Å². The third kappa shape index (κ3) is 4.82. The predicted octanol–water partition coefficient (Wildman–Crippen LogP) is 2.71. The molecule has 1 amide bonds. The molecule has 0 spiro atoms. The van der Waals surface area contributed by atoms with Gasteiger partial charge in [-0.05, 0) is 59.7 Å². The number of nitrogens with one attached hydrogen (secondary N) is 1. The summed E-state index contributed by atoms with van der Waals surface area (Å²) in [5.74, 6) is 0.383. The molecule has 0 radical (unpaired) electrons. The summed E-state index contributed by atoms with van der Waals surface area (Å²) in [6.07, 6.45) is 3.49. The number of likely N-dealkylation sites (tertiary alicyclic amines) is 1. The van der Waals surface area contributed by atoms with E-state index < -0.39 is 0 Å². The maximum absolute atomic E-state index is 12.7. The molecule has 2 heterocycles. The summed E-state index contributed by atoms with van der Waals surface area (Å²) in [5.41, 5.74) is 2.90. The second kappa shape index (κ2) is 8.48. The Morgan fingerprint density at radius 2 is 1.96 bits per heavy atom. The fourth-order valence-corrected chi connectivity index (χ4v) is 3.54. The highest BCUT2D eigenvalue weighted by atomic mass is 16.2. The minimum Gasteiger partial charge on any atom is -0.354 e. The molecular weight excluding hydrogens is 314 g/mol. The summed E-state index contributed by atoms with van der Waals surface area (Å²) < 4.78 is 2.11. The van der Waals surface area contributed by atoms with Gasteiger partial charge in [-0.1, -0.05) is 6.08 Å². The van der Waals surface area contributed by atoms with E-state index in [1.165, 1.54) is 0 Å². The van der Waals surface area contributed by atoms with Gasteiger partial charge >= 0.3 is 0 Å². The van der Waals surface area contributed by atoms with Crippen molar-refractivity contribution in [2.45, 2.75) is 53.1 Å². The summed E-state index contributed by atoms with van der Waals surface area (Å²) in [6, 6.07) is 2.15. The van der Waals surface area contributed by atoms with Crippen LogP contribution in [-0.4, -0.2) is 46.8 Å². The van der Waals surface area contributed by atoms with Crippen LogP contribution in [0.15, 0.2) is 18.7 Å². The number of rotatable bonds is 7. The van der Waals surface area contributed by atoms with Crippen LogP contribution in [0, 0.1) is 19.8 Å². The summed E-state index contributed by atoms with van der Waals surface area (Å²) in [6.45, 7) is 14.5. The Bertz CT molecular complexity index is 638. The zero-order valence-corrected chi connectivity index (χ0v) is 16.0. The maximum Gasteiger partial charge on any atom is 0.223 e. The van der Waals surface area contributed by atoms with Gasteiger partial charge in [0.1, 0.15) is 0 Å². The number of carbonyl (C=O) groups excluding carboxylic acids is 2. The lowest BCUT2D eigenvalue weighted by Gasteiger charge is -2.31. The number of nitrogens with zero attached hydrogens (tertiary/aromatic N) is 2. The molecule has 0 saturated carbocycles. The number of aromatic nitrogens is 1. The molecule has 1 fully saturated rings. The van der Waals surface area contributed by atoms with Gasteiger partial charge in [0.2, 0.25) is 5.91 Å². The number of amides is 1. The van der Waals surface area contributed by atoms with Gasteiger partial charge in [-0.3, -0.25) is 14.5 Å². The number of Topliss-reactive ketones (excluding diaryl/α,β-unsaturated/α-hetero) is 1. The van der Waals surface area contributed by atoms with E-state index in [-0.39, 0.29) is 23.7 Å². The normalized spacial score (nSPS) is 16.2. The molecule has 1 aromatic heterocycles. The van der Waals surface area contributed by atoms with Gasteiger partial charge in [0, 0.05) is 35.5 Å². The van der Waals surface area contributed by atoms with Crippen LogP contribution < -0.4 is 5.32 Å². The Balaban J connectivity index is 1.92. The lowest BCUT2D eigenvalue weighted by Crippen LogP contribution is -2.43. The van der Waals surface area contributed by atoms with E-state index in [1.54, 1.807) is 0 Å². The number of aryl methyl sites for hydroxylation is 1. The van der Waals surface area contributed by atoms with Crippen LogP contribution in [0.25, 0.3) is 0 Å². The summed E-state index contributed by atoms with van der Waals surface area (Å²) in [4.78, 5) is 27.0. The van der Waals surface area contributed by atoms with Crippen molar-refractivity contribution in [3.8, 4) is 0 Å². The Morgan fingerprint density at radius 3 is 2.52 bits per heavy atom. The largest absolute Gasteiger partial charge is 0.354 e. The van der Waals surface area contributed by atoms with E-state index >= 15 is 0 Å². The Morgan fingerprint density at radius 1 is 1.32 bits per heavy atom. The second-order valence-electron chi connectivity index (χ2n) is 7.32. The Hall–Kier alpha value is -1.88. The van der Waals surface area contributed by atoms with Gasteiger partial charge in [0.25, 0.3) is 0 Å². The molecule has 1 aliphatic heterocycles. The van der Waals surface area contributed by atoms with Crippen molar-refractivity contribution in [2.24, 2.45) is 5.92 Å². The Labute approximate surface area is 151 Å². The van der Waals surface area contributed by atoms with Gasteiger partial charge in [0.05, 0.1) is 6.54 Å². The molecule has 138 valence electrons. The SMILES string of the molecule is C=CCn1c(C)cc(C(=O)CN2CCC(C(=O)NC(C)C)CC2)c1C. The minimum atomic E-state index is 0.0754. The number of ketones is 1. The van der Waals surface area contributed by atoms with Crippen molar-refractivity contribution in [1.29, 1.82) is 0 Å². The molecular formula is C20H31N3O2. The van der Waals surface area contributed by atoms with Crippen molar-refractivity contribution in [3.63, 3.8) is 0 Å². The molecule has 5 nitrogen and oxygen atoms in total. The lowest BCUT2D eigenvalue weighted by molar-refractivity contribution is -0.126. The second-order valence-corrected chi connectivity index (χ2v) is 7.32. The summed E-state index contributed by atoms with van der Waals surface area (Å²) >= 11 is 0. The van der Waals surface area contributed by atoms with Gasteiger partial charge < -0.3 is 9.88 Å². The van der Waals surface area contributed by atoms with E-state index in [4.69, 9.17) is 0 Å². The quantitative estimate of drug-likeness (QED) is 0.611. The van der Waals surface area contributed by atoms with Crippen LogP contribution in [0.3, 0.4) is 0 Å². The first-order valence-corrected chi connectivity index (χ1v) is 9.17. The molecule has 25 heavy (non-hydrogen) atoms. The van der Waals surface area contributed by atoms with E-state index in [2.05, 4.69) is 21.4 Å². The first-order chi connectivity index (χ1) is 11.8. The highest BCUT2D eigenvalue weighted by molar-refractivity contribution is 5.99. The van der Waals surface area contributed by atoms with Gasteiger partial charge in [-0.2, -0.15) is 0 Å². The van der Waals surface area contributed by atoms with E-state index in [0.717, 1.165) is 49.4 Å². The van der Waals surface area contributed by atoms with Gasteiger partial charge in [-0.25, -0.2) is 0 Å². The molecule has 0 atom stereocenters. The molecule has 1 aliphatic rings. The van der Waals surface area contributed by atoms with Crippen molar-refractivity contribution >= 4 is 11.7 Å². The number of hydrogen-bond acceptors (Lipinski definition) is 3. The number of allylic oxidation sites excluding steroid dienone is 1. The maximum atomic E-state index is 12.7. The zero-order chi connectivity index (χ0) is 18.6. The molecule has 1 N–H and O–H groups in total. The molecule has 0 aliphatic carbocycles. The molecule has 0 bridgehead atoms. The monoisotopic (exact) mass is 345 g/mol. The van der Waals surface area contributed by atoms with Crippen LogP contribution in [0.2, 0.25) is 0 Å². The molecule has 0 aromatic carbocycles. The zero-order valence-electron chi connectivity index (χ0n) is 16.0. The first kappa shape index (κ1) is 19.4. The average Bonchev–Trinajstić information content (AvgIpc) is 2.83. The third-order valence-corrected chi connectivity index (χ3v) is 4.94. The van der Waals surface area contributed by atoms with Crippen LogP contribution >= 0.6 is 0 Å². The summed E-state index contributed by atoms with van der Waals surface area (Å²) in [5, 5.41) is 2.99. The fourth-order valence-electron chi connectivity index (χ4n) is 3.54. The smallest absolute Gasteiger partial charge is 0.223 e. The molecule has 0 unspecified atom stereocenters. The van der Waals surface area contributed by atoms with Gasteiger partial charge in [-0.15, -0.1) is 6.58 Å². The molecule has 5 heteroatoms. The minimum absolute atomic E-state index is 0.0754. The molecule has 1 aromatic rings. The average molecular weight is 345 g/mol. The first-order valence-electron chi connectivity index (χ1n) is 9.17. The predicted molar refractivity (Wildman–Crippen MR) is 101 cm³/mol. The van der Waals surface area contributed by atoms with Crippen molar-refractivity contribution in [3.05, 3.63) is 35.7 Å². The topological polar surface area (TPSA) is 54.3 Å². The van der Waals surface area contributed by atoms with Gasteiger partial charge in [0.15, 0.2) is 5.78 Å². The van der Waals surface area contributed by atoms with Crippen LogP contribution in [-0.2, 0) is 11.3 Å². The van der Waals surface area contributed by atoms with Crippen LogP contribution in [0.1, 0.15) is 48.4 Å². The van der Waals surface area contributed by atoms with Crippen molar-refractivity contribution in [1.82, 2.24) is 14.8 Å². The highest BCUT2D eigenvalue weighted by Gasteiger charge is 2.27. The lowest BCUT2D eigenvalue weighted by atomic mass is 9.95. The Kier molecular flexibility index (Phi) is 6.59. The molecule has 1 saturated heterocycles. The van der Waals surface area contributed by atoms with Crippen molar-refractivity contribution < 1.29 is 9.59 Å². The van der Waals surface area contributed by atoms with Crippen LogP contribution in [0.4, 0.5) is 0 Å². The van der Waals surface area contributed by atoms with Crippen molar-refractivity contribution in [2.75, 3.05) is 19.6 Å². The van der Waals surface area contributed by atoms with E-state index in [1.807, 2.05) is 39.8 Å². The molecule has 2 rings (SSSR count). The summed E-state index contributed by atoms with van der Waals surface area (Å²) in [7, 11) is 0. The highest BCUT2D eigenvalue weighted by Crippen LogP contribution is 2.20. The third-order valence-electron chi connectivity index (χ3n) is 4.94. The number of hydrogen-bond donors (Lipinski definition) is 1. The number of piperidine rings is 1. The van der Waals surface area contributed by atoms with E-state index in [9.17, 15) is 9.59 Å². The standard InChI is InChI=1S/C20H31N3O2/c1-6-9-23-15(4)12-18(16(23)5)19(24)13-22-10-7-17(8-11-22)20(25)21-14(2)3/h6,12,14,17H,1,7-11,13H2,2-5H3,(H,21,25). The fraction of sp³-hybridized carbons (Fsp3) is 0.600. The van der Waals surface area contributed by atoms with Crippen LogP contribution in [0.5, 0.6) is 0 Å².